The summed E-state index contributed by atoms with van der Waals surface area (Å²) in [6, 6.07) is 36.7. The molecule has 0 nitrogen and oxygen atoms in total. The molecule has 0 radical (unpaired) electrons. The van der Waals surface area contributed by atoms with Crippen molar-refractivity contribution in [3.63, 3.8) is 0 Å². The van der Waals surface area contributed by atoms with Crippen LogP contribution in [0.15, 0.2) is 120 Å². The minimum atomic E-state index is 0.645. The monoisotopic (exact) mass is 598 g/mol. The fraction of sp³-hybridized carbons (Fsp3) is 0.231. The number of benzene rings is 4. The van der Waals surface area contributed by atoms with E-state index in [9.17, 15) is 0 Å². The van der Waals surface area contributed by atoms with Crippen LogP contribution in [0.2, 0.25) is 0 Å². The Kier molecular flexibility index (Phi) is 10.5. The van der Waals surface area contributed by atoms with Crippen molar-refractivity contribution in [1.82, 2.24) is 0 Å². The van der Waals surface area contributed by atoms with Gasteiger partial charge in [0.1, 0.15) is 0 Å². The van der Waals surface area contributed by atoms with E-state index in [1.54, 1.807) is 0 Å². The van der Waals surface area contributed by atoms with E-state index in [0.29, 0.717) is 11.8 Å². The standard InChI is InChI=1S/C15H13.C13H10.C11H17.Zr/c1-10-3-5-14-12(7-10)9-13-8-11(2)4-6-15(13)14;1-3-7-12(8-4-1)11-13-9-5-2-6-10-13;1-8(2)10-5-6-11(7-10)9(3)4;/h3-9H,1-2H3;1-10H;7-9H,5H2,1-4H3;/q-1;;-1;+2. The molecule has 0 aliphatic heterocycles. The van der Waals surface area contributed by atoms with Crippen molar-refractivity contribution in [3.8, 4) is 0 Å². The van der Waals surface area contributed by atoms with Crippen molar-refractivity contribution >= 4 is 24.8 Å². The summed E-state index contributed by atoms with van der Waals surface area (Å²) in [7, 11) is 0. The Morgan fingerprint density at radius 2 is 1.15 bits per heavy atom. The van der Waals surface area contributed by atoms with Crippen molar-refractivity contribution < 1.29 is 24.2 Å². The van der Waals surface area contributed by atoms with Crippen LogP contribution in [0.25, 0.3) is 21.5 Å². The van der Waals surface area contributed by atoms with Gasteiger partial charge in [-0.15, -0.1) is 46.2 Å². The third-order valence-electron chi connectivity index (χ3n) is 7.34. The molecule has 0 heterocycles. The average Bonchev–Trinajstić information content (AvgIpc) is 3.59. The van der Waals surface area contributed by atoms with Gasteiger partial charge in [-0.05, 0) is 19.8 Å². The van der Waals surface area contributed by atoms with Crippen molar-refractivity contribution in [2.75, 3.05) is 0 Å². The first-order valence-electron chi connectivity index (χ1n) is 14.3. The second-order valence-corrected chi connectivity index (χ2v) is 12.5. The van der Waals surface area contributed by atoms with Crippen LogP contribution in [0.5, 0.6) is 0 Å². The summed E-state index contributed by atoms with van der Waals surface area (Å²) in [5.41, 5.74) is 8.25. The van der Waals surface area contributed by atoms with Gasteiger partial charge >= 0.3 is 99.2 Å². The molecule has 1 heteroatoms. The van der Waals surface area contributed by atoms with Crippen molar-refractivity contribution in [2.45, 2.75) is 48.0 Å². The van der Waals surface area contributed by atoms with Gasteiger partial charge in [0.15, 0.2) is 0 Å². The van der Waals surface area contributed by atoms with Crippen LogP contribution in [0.4, 0.5) is 0 Å². The molecule has 40 heavy (non-hydrogen) atoms. The summed E-state index contributed by atoms with van der Waals surface area (Å²) in [4.78, 5) is 0. The second kappa shape index (κ2) is 14.1. The first-order valence-corrected chi connectivity index (χ1v) is 15.5. The van der Waals surface area contributed by atoms with Gasteiger partial charge in [0.25, 0.3) is 0 Å². The van der Waals surface area contributed by atoms with Crippen LogP contribution < -0.4 is 0 Å². The number of rotatable bonds is 4. The molecule has 0 atom stereocenters. The Bertz CT molecular complexity index is 1530. The molecule has 1 aliphatic carbocycles. The first-order chi connectivity index (χ1) is 19.2. The molecule has 0 aromatic heterocycles. The maximum atomic E-state index is 3.41. The summed E-state index contributed by atoms with van der Waals surface area (Å²) < 4.78 is 1.42. The van der Waals surface area contributed by atoms with Crippen molar-refractivity contribution in [3.05, 3.63) is 149 Å². The normalized spacial score (nSPS) is 12.6. The van der Waals surface area contributed by atoms with Crippen molar-refractivity contribution in [1.29, 1.82) is 0 Å². The quantitative estimate of drug-likeness (QED) is 0.180. The summed E-state index contributed by atoms with van der Waals surface area (Å²) in [5, 5.41) is 5.46. The fourth-order valence-electron chi connectivity index (χ4n) is 4.89. The summed E-state index contributed by atoms with van der Waals surface area (Å²) >= 11 is 1.46. The molecule has 0 N–H and O–H groups in total. The molecule has 5 aromatic carbocycles. The SMILES string of the molecule is CC(C)C1=[C-]CC(C(C)C)=C1.Cc1ccc2c(c1)[cH-]c1cc(C)ccc12.[Zr+2]=[C](c1ccccc1)c1ccccc1. The minimum absolute atomic E-state index is 0.645. The molecule has 1 aliphatic rings. The van der Waals surface area contributed by atoms with E-state index in [-0.39, 0.29) is 0 Å². The fourth-order valence-corrected chi connectivity index (χ4v) is 5.70. The van der Waals surface area contributed by atoms with Crippen LogP contribution >= 0.6 is 0 Å². The van der Waals surface area contributed by atoms with E-state index in [4.69, 9.17) is 0 Å². The molecule has 0 unspecified atom stereocenters. The van der Waals surface area contributed by atoms with Gasteiger partial charge in [-0.3, -0.25) is 6.08 Å². The van der Waals surface area contributed by atoms with Crippen LogP contribution in [-0.2, 0) is 24.2 Å². The van der Waals surface area contributed by atoms with E-state index < -0.39 is 0 Å². The molecular weight excluding hydrogens is 560 g/mol. The van der Waals surface area contributed by atoms with E-state index in [1.807, 2.05) is 0 Å². The predicted octanol–water partition coefficient (Wildman–Crippen LogP) is 10.5. The molecule has 200 valence electrons. The molecule has 0 spiro atoms. The van der Waals surface area contributed by atoms with Gasteiger partial charge in [0.2, 0.25) is 0 Å². The summed E-state index contributed by atoms with van der Waals surface area (Å²) in [5.74, 6) is 1.34. The molecular formula is C39H40Zr. The molecule has 5 aromatic rings. The first kappa shape index (κ1) is 30.0. The van der Waals surface area contributed by atoms with Crippen LogP contribution in [0.3, 0.4) is 0 Å². The maximum absolute atomic E-state index is 3.41. The Labute approximate surface area is 256 Å². The van der Waals surface area contributed by atoms with Crippen molar-refractivity contribution in [2.24, 2.45) is 11.8 Å². The Morgan fingerprint density at radius 3 is 1.52 bits per heavy atom. The number of allylic oxidation sites excluding steroid dienone is 4. The number of aryl methyl sites for hydroxylation is 2. The predicted molar refractivity (Wildman–Crippen MR) is 172 cm³/mol. The number of fused-ring (bicyclic) bond motifs is 3. The molecule has 0 saturated carbocycles. The van der Waals surface area contributed by atoms with E-state index in [1.165, 1.54) is 82.4 Å². The van der Waals surface area contributed by atoms with Crippen LogP contribution in [-0.4, -0.2) is 3.21 Å². The molecule has 6 rings (SSSR count). The second-order valence-electron chi connectivity index (χ2n) is 11.3. The third kappa shape index (κ3) is 7.80. The van der Waals surface area contributed by atoms with Gasteiger partial charge in [-0.1, -0.05) is 69.0 Å². The average molecular weight is 600 g/mol. The molecule has 0 fully saturated rings. The van der Waals surface area contributed by atoms with Gasteiger partial charge in [0, 0.05) is 0 Å². The Hall–Kier alpha value is -3.02. The van der Waals surface area contributed by atoms with E-state index in [2.05, 4.69) is 157 Å². The number of hydrogen-bond acceptors (Lipinski definition) is 0. The Balaban J connectivity index is 0.000000141. The summed E-state index contributed by atoms with van der Waals surface area (Å²) in [6.07, 6.45) is 6.79. The van der Waals surface area contributed by atoms with E-state index in [0.717, 1.165) is 6.42 Å². The Morgan fingerprint density at radius 1 is 0.675 bits per heavy atom. The zero-order valence-corrected chi connectivity index (χ0v) is 27.2. The third-order valence-corrected chi connectivity index (χ3v) is 8.76. The molecule has 0 saturated heterocycles. The van der Waals surface area contributed by atoms with Crippen LogP contribution in [0, 0.1) is 31.8 Å². The molecule has 0 amide bonds. The zero-order chi connectivity index (χ0) is 28.6. The van der Waals surface area contributed by atoms with Crippen LogP contribution in [0.1, 0.15) is 56.4 Å². The zero-order valence-electron chi connectivity index (χ0n) is 24.8. The van der Waals surface area contributed by atoms with E-state index >= 15 is 0 Å². The molecule has 0 bridgehead atoms. The van der Waals surface area contributed by atoms with Gasteiger partial charge in [-0.25, -0.2) is 11.6 Å². The summed E-state index contributed by atoms with van der Waals surface area (Å²) in [6.45, 7) is 13.2. The van der Waals surface area contributed by atoms with Gasteiger partial charge < -0.3 is 0 Å². The number of hydrogen-bond donors (Lipinski definition) is 0. The van der Waals surface area contributed by atoms with Gasteiger partial charge in [-0.2, -0.15) is 5.57 Å². The van der Waals surface area contributed by atoms with Gasteiger partial charge in [0.05, 0.1) is 0 Å². The topological polar surface area (TPSA) is 0 Å².